The van der Waals surface area contributed by atoms with Crippen LogP contribution in [-0.2, 0) is 4.74 Å². The molecule has 1 fully saturated rings. The molecule has 1 amide bonds. The Bertz CT molecular complexity index is 415. The summed E-state index contributed by atoms with van der Waals surface area (Å²) in [4.78, 5) is 14.0. The van der Waals surface area contributed by atoms with Gasteiger partial charge in [-0.1, -0.05) is 25.2 Å². The van der Waals surface area contributed by atoms with Crippen LogP contribution in [0.3, 0.4) is 0 Å². The van der Waals surface area contributed by atoms with Gasteiger partial charge in [0.25, 0.3) is 0 Å². The number of rotatable bonds is 3. The van der Waals surface area contributed by atoms with Gasteiger partial charge in [-0.3, -0.25) is 4.90 Å². The van der Waals surface area contributed by atoms with E-state index in [9.17, 15) is 9.90 Å². The number of carbonyl (C=O) groups is 1. The number of carbonyl (C=O) groups excluding carboxylic acids is 1. The first kappa shape index (κ1) is 14.2. The summed E-state index contributed by atoms with van der Waals surface area (Å²) in [5.74, 6) is 6.30. The van der Waals surface area contributed by atoms with Gasteiger partial charge in [0, 0.05) is 0 Å². The molecule has 4 unspecified atom stereocenters. The molecule has 0 aromatic carbocycles. The van der Waals surface area contributed by atoms with Crippen molar-refractivity contribution in [1.82, 2.24) is 4.90 Å². The van der Waals surface area contributed by atoms with Gasteiger partial charge in [0.05, 0.1) is 18.1 Å². The van der Waals surface area contributed by atoms with Crippen LogP contribution in [0, 0.1) is 17.8 Å². The third-order valence-electron chi connectivity index (χ3n) is 3.58. The van der Waals surface area contributed by atoms with Crippen LogP contribution in [0.15, 0.2) is 0 Å². The summed E-state index contributed by atoms with van der Waals surface area (Å²) in [5, 5.41) is 10.2. The SMILES string of the molecule is CCCC(O)C1CC2C#CC2N1C(=O)OC(C)(C)C. The Labute approximate surface area is 115 Å². The van der Waals surface area contributed by atoms with Crippen LogP contribution in [-0.4, -0.2) is 39.9 Å². The second-order valence-electron chi connectivity index (χ2n) is 6.39. The summed E-state index contributed by atoms with van der Waals surface area (Å²) in [6.07, 6.45) is 1.51. The summed E-state index contributed by atoms with van der Waals surface area (Å²) >= 11 is 0. The summed E-state index contributed by atoms with van der Waals surface area (Å²) in [5.41, 5.74) is -0.521. The molecule has 2 rings (SSSR count). The summed E-state index contributed by atoms with van der Waals surface area (Å²) in [7, 11) is 0. The highest BCUT2D eigenvalue weighted by Gasteiger charge is 2.49. The molecule has 1 aliphatic carbocycles. The number of amides is 1. The minimum atomic E-state index is -0.521. The van der Waals surface area contributed by atoms with E-state index in [1.54, 1.807) is 4.90 Å². The van der Waals surface area contributed by atoms with Gasteiger partial charge in [-0.05, 0) is 33.6 Å². The molecule has 0 aromatic rings. The Morgan fingerprint density at radius 1 is 1.47 bits per heavy atom. The van der Waals surface area contributed by atoms with E-state index >= 15 is 0 Å². The number of fused-ring (bicyclic) bond motifs is 1. The van der Waals surface area contributed by atoms with Crippen molar-refractivity contribution in [3.8, 4) is 11.8 Å². The zero-order chi connectivity index (χ0) is 14.2. The number of aliphatic hydroxyl groups excluding tert-OH is 1. The first-order chi connectivity index (χ1) is 8.83. The second-order valence-corrected chi connectivity index (χ2v) is 6.39. The van der Waals surface area contributed by atoms with E-state index < -0.39 is 11.7 Å². The molecule has 0 aromatic heterocycles. The van der Waals surface area contributed by atoms with E-state index in [1.807, 2.05) is 27.7 Å². The summed E-state index contributed by atoms with van der Waals surface area (Å²) in [6, 6.07) is -0.237. The fraction of sp³-hybridized carbons (Fsp3) is 0.800. The van der Waals surface area contributed by atoms with Crippen molar-refractivity contribution in [3.63, 3.8) is 0 Å². The van der Waals surface area contributed by atoms with Crippen molar-refractivity contribution in [2.24, 2.45) is 5.92 Å². The summed E-state index contributed by atoms with van der Waals surface area (Å²) in [6.45, 7) is 7.58. The van der Waals surface area contributed by atoms with Gasteiger partial charge in [-0.25, -0.2) is 4.79 Å². The maximum absolute atomic E-state index is 12.3. The Morgan fingerprint density at radius 3 is 2.63 bits per heavy atom. The highest BCUT2D eigenvalue weighted by molar-refractivity contribution is 5.71. The molecule has 106 valence electrons. The normalized spacial score (nSPS) is 29.9. The predicted octanol–water partition coefficient (Wildman–Crippen LogP) is 2.16. The molecule has 4 atom stereocenters. The van der Waals surface area contributed by atoms with Gasteiger partial charge in [-0.15, -0.1) is 0 Å². The largest absolute Gasteiger partial charge is 0.444 e. The number of hydrogen-bond acceptors (Lipinski definition) is 3. The minimum Gasteiger partial charge on any atom is -0.444 e. The highest BCUT2D eigenvalue weighted by atomic mass is 16.6. The fourth-order valence-electron chi connectivity index (χ4n) is 2.70. The molecule has 1 heterocycles. The predicted molar refractivity (Wildman–Crippen MR) is 72.4 cm³/mol. The molecule has 1 N–H and O–H groups in total. The third-order valence-corrected chi connectivity index (χ3v) is 3.58. The van der Waals surface area contributed by atoms with Crippen molar-refractivity contribution >= 4 is 6.09 Å². The third kappa shape index (κ3) is 2.87. The van der Waals surface area contributed by atoms with Crippen LogP contribution in [0.1, 0.15) is 47.0 Å². The lowest BCUT2D eigenvalue weighted by atomic mass is 9.91. The summed E-state index contributed by atoms with van der Waals surface area (Å²) < 4.78 is 5.44. The van der Waals surface area contributed by atoms with Gasteiger partial charge >= 0.3 is 6.09 Å². The molecule has 0 spiro atoms. The van der Waals surface area contributed by atoms with E-state index in [-0.39, 0.29) is 24.1 Å². The van der Waals surface area contributed by atoms with Crippen molar-refractivity contribution in [3.05, 3.63) is 0 Å². The maximum atomic E-state index is 12.3. The average molecular weight is 265 g/mol. The highest BCUT2D eigenvalue weighted by Crippen LogP contribution is 2.37. The van der Waals surface area contributed by atoms with E-state index in [4.69, 9.17) is 4.74 Å². The molecule has 2 aliphatic rings. The monoisotopic (exact) mass is 265 g/mol. The van der Waals surface area contributed by atoms with Crippen molar-refractivity contribution in [1.29, 1.82) is 0 Å². The standard InChI is InChI=1S/C15H23NO3/c1-5-6-13(17)12-9-10-7-8-11(10)16(12)14(18)19-15(2,3)4/h10-13,17H,5-6,9H2,1-4H3. The van der Waals surface area contributed by atoms with Gasteiger partial charge in [0.2, 0.25) is 0 Å². The van der Waals surface area contributed by atoms with Gasteiger partial charge < -0.3 is 9.84 Å². The van der Waals surface area contributed by atoms with Crippen molar-refractivity contribution in [2.45, 2.75) is 70.7 Å². The molecular formula is C15H23NO3. The molecule has 19 heavy (non-hydrogen) atoms. The smallest absolute Gasteiger partial charge is 0.411 e. The maximum Gasteiger partial charge on any atom is 0.411 e. The molecule has 4 nitrogen and oxygen atoms in total. The van der Waals surface area contributed by atoms with Crippen LogP contribution in [0.2, 0.25) is 0 Å². The number of aliphatic hydroxyl groups is 1. The van der Waals surface area contributed by atoms with E-state index in [0.29, 0.717) is 6.42 Å². The number of likely N-dealkylation sites (tertiary alicyclic amines) is 1. The lowest BCUT2D eigenvalue weighted by molar-refractivity contribution is -0.00152. The number of nitrogens with zero attached hydrogens (tertiary/aromatic N) is 1. The molecular weight excluding hydrogens is 242 g/mol. The van der Waals surface area contributed by atoms with E-state index in [0.717, 1.165) is 12.8 Å². The first-order valence-corrected chi connectivity index (χ1v) is 7.04. The molecule has 0 saturated carbocycles. The van der Waals surface area contributed by atoms with Crippen LogP contribution < -0.4 is 0 Å². The number of ether oxygens (including phenoxy) is 1. The Balaban J connectivity index is 2.10. The molecule has 1 saturated heterocycles. The molecule has 1 aliphatic heterocycles. The quantitative estimate of drug-likeness (QED) is 0.796. The Kier molecular flexibility index (Phi) is 3.78. The first-order valence-electron chi connectivity index (χ1n) is 7.04. The average Bonchev–Trinajstić information content (AvgIpc) is 2.49. The topological polar surface area (TPSA) is 49.8 Å². The van der Waals surface area contributed by atoms with Crippen LogP contribution in [0.4, 0.5) is 4.79 Å². The van der Waals surface area contributed by atoms with Gasteiger partial charge in [0.15, 0.2) is 0 Å². The van der Waals surface area contributed by atoms with E-state index in [2.05, 4.69) is 11.8 Å². The minimum absolute atomic E-state index is 0.0636. The van der Waals surface area contributed by atoms with Crippen LogP contribution in [0.25, 0.3) is 0 Å². The van der Waals surface area contributed by atoms with E-state index in [1.165, 1.54) is 0 Å². The Morgan fingerprint density at radius 2 is 2.16 bits per heavy atom. The van der Waals surface area contributed by atoms with Crippen molar-refractivity contribution in [2.75, 3.05) is 0 Å². The van der Waals surface area contributed by atoms with Crippen LogP contribution in [0.5, 0.6) is 0 Å². The zero-order valence-electron chi connectivity index (χ0n) is 12.1. The second kappa shape index (κ2) is 5.05. The fourth-order valence-corrected chi connectivity index (χ4v) is 2.70. The van der Waals surface area contributed by atoms with Gasteiger partial charge in [-0.2, -0.15) is 0 Å². The molecule has 0 bridgehead atoms. The molecule has 4 heteroatoms. The van der Waals surface area contributed by atoms with Gasteiger partial charge in [0.1, 0.15) is 11.6 Å². The number of hydrogen-bond donors (Lipinski definition) is 1. The lowest BCUT2D eigenvalue weighted by Gasteiger charge is -2.33. The van der Waals surface area contributed by atoms with Crippen molar-refractivity contribution < 1.29 is 14.6 Å². The lowest BCUT2D eigenvalue weighted by Crippen LogP contribution is -2.49. The van der Waals surface area contributed by atoms with Crippen LogP contribution >= 0.6 is 0 Å². The Hall–Kier alpha value is -1.21. The molecule has 0 radical (unpaired) electrons. The zero-order valence-corrected chi connectivity index (χ0v) is 12.1.